The summed E-state index contributed by atoms with van der Waals surface area (Å²) in [5.41, 5.74) is 0. The first kappa shape index (κ1) is 8.94. The lowest BCUT2D eigenvalue weighted by Crippen LogP contribution is -1.74. The fourth-order valence-electron chi connectivity index (χ4n) is 1.31. The third-order valence-corrected chi connectivity index (χ3v) is 3.25. The van der Waals surface area contributed by atoms with Crippen LogP contribution in [0.15, 0.2) is 47.4 Å². The van der Waals surface area contributed by atoms with Crippen LogP contribution < -0.4 is 0 Å². The van der Waals surface area contributed by atoms with Gasteiger partial charge >= 0.3 is 0 Å². The number of benzene rings is 2. The van der Waals surface area contributed by atoms with Gasteiger partial charge in [0.2, 0.25) is 0 Å². The molecule has 2 aromatic carbocycles. The highest BCUT2D eigenvalue weighted by atomic mass is 33.1. The van der Waals surface area contributed by atoms with E-state index in [0.29, 0.717) is 0 Å². The molecule has 0 atom stereocenters. The monoisotopic (exact) mass is 208 g/mol. The van der Waals surface area contributed by atoms with Crippen LogP contribution in [0.5, 0.6) is 0 Å². The maximum absolute atomic E-state index is 8.76. The summed E-state index contributed by atoms with van der Waals surface area (Å²) < 4.78 is 8.76. The van der Waals surface area contributed by atoms with E-state index in [-0.39, 0.29) is 0 Å². The van der Waals surface area contributed by atoms with Crippen molar-refractivity contribution in [3.8, 4) is 0 Å². The second kappa shape index (κ2) is 4.05. The number of fused-ring (bicyclic) bond motifs is 1. The van der Waals surface area contributed by atoms with Crippen molar-refractivity contribution in [1.29, 1.82) is 0 Å². The molecule has 13 heavy (non-hydrogen) atoms. The molecule has 0 radical (unpaired) electrons. The van der Waals surface area contributed by atoms with Crippen LogP contribution in [-0.4, -0.2) is 4.55 Å². The van der Waals surface area contributed by atoms with Gasteiger partial charge in [-0.15, -0.1) is 0 Å². The molecule has 0 bridgehead atoms. The van der Waals surface area contributed by atoms with Crippen LogP contribution in [0.25, 0.3) is 10.8 Å². The molecule has 1 N–H and O–H groups in total. The molecule has 1 nitrogen and oxygen atoms in total. The minimum atomic E-state index is 0.786. The molecule has 0 aliphatic rings. The van der Waals surface area contributed by atoms with Gasteiger partial charge < -0.3 is 4.55 Å². The van der Waals surface area contributed by atoms with Crippen LogP contribution in [0.3, 0.4) is 0 Å². The largest absolute Gasteiger partial charge is 0.320 e. The Balaban J connectivity index is 2.61. The Morgan fingerprint density at radius 3 is 2.54 bits per heavy atom. The highest BCUT2D eigenvalue weighted by molar-refractivity contribution is 8.74. The molecule has 0 aliphatic carbocycles. The van der Waals surface area contributed by atoms with E-state index in [1.807, 2.05) is 24.3 Å². The topological polar surface area (TPSA) is 20.2 Å². The Labute approximate surface area is 84.8 Å². The van der Waals surface area contributed by atoms with E-state index in [9.17, 15) is 0 Å². The lowest BCUT2D eigenvalue weighted by molar-refractivity contribution is 0.676. The Hall–Kier alpha value is -0.640. The van der Waals surface area contributed by atoms with Gasteiger partial charge in [0.15, 0.2) is 0 Å². The Bertz CT molecular complexity index is 409. The van der Waals surface area contributed by atoms with Crippen molar-refractivity contribution in [1.82, 2.24) is 0 Å². The molecule has 3 heteroatoms. The fourth-order valence-corrected chi connectivity index (χ4v) is 2.48. The lowest BCUT2D eigenvalue weighted by atomic mass is 10.1. The third-order valence-electron chi connectivity index (χ3n) is 1.88. The maximum Gasteiger partial charge on any atom is 0.0646 e. The predicted octanol–water partition coefficient (Wildman–Crippen LogP) is 4.05. The molecule has 0 saturated heterocycles. The molecule has 0 unspecified atom stereocenters. The summed E-state index contributed by atoms with van der Waals surface area (Å²) in [6.45, 7) is 0. The quantitative estimate of drug-likeness (QED) is 0.594. The first-order valence-electron chi connectivity index (χ1n) is 3.87. The Morgan fingerprint density at radius 1 is 0.923 bits per heavy atom. The molecule has 0 aliphatic heterocycles. The first-order chi connectivity index (χ1) is 6.42. The zero-order chi connectivity index (χ0) is 9.10. The van der Waals surface area contributed by atoms with E-state index in [0.717, 1.165) is 16.0 Å². The molecule has 0 fully saturated rings. The van der Waals surface area contributed by atoms with Gasteiger partial charge in [-0.2, -0.15) is 0 Å². The molecular formula is C10H8OS2. The zero-order valence-electron chi connectivity index (χ0n) is 6.81. The van der Waals surface area contributed by atoms with Gasteiger partial charge in [-0.05, 0) is 27.6 Å². The summed E-state index contributed by atoms with van der Waals surface area (Å²) >= 11 is 0.786. The predicted molar refractivity (Wildman–Crippen MR) is 60.0 cm³/mol. The van der Waals surface area contributed by atoms with Crippen LogP contribution in [0.1, 0.15) is 0 Å². The average molecular weight is 208 g/mol. The molecular weight excluding hydrogens is 200 g/mol. The number of hydrogen-bond acceptors (Lipinski definition) is 3. The lowest BCUT2D eigenvalue weighted by Gasteiger charge is -2.02. The maximum atomic E-state index is 8.76. The Morgan fingerprint density at radius 2 is 1.69 bits per heavy atom. The van der Waals surface area contributed by atoms with Crippen LogP contribution in [0, 0.1) is 0 Å². The Kier molecular flexibility index (Phi) is 2.78. The van der Waals surface area contributed by atoms with E-state index >= 15 is 0 Å². The molecule has 0 amide bonds. The van der Waals surface area contributed by atoms with Crippen LogP contribution in [-0.2, 0) is 0 Å². The van der Waals surface area contributed by atoms with E-state index in [4.69, 9.17) is 4.55 Å². The average Bonchev–Trinajstić information content (AvgIpc) is 2.19. The smallest absolute Gasteiger partial charge is 0.0646 e. The molecule has 2 aromatic rings. The molecule has 0 heterocycles. The van der Waals surface area contributed by atoms with Crippen LogP contribution in [0.2, 0.25) is 0 Å². The number of hydrogen-bond donors (Lipinski definition) is 1. The van der Waals surface area contributed by atoms with Crippen molar-refractivity contribution in [2.45, 2.75) is 4.90 Å². The third kappa shape index (κ3) is 1.82. The molecule has 0 spiro atoms. The highest BCUT2D eigenvalue weighted by Gasteiger charge is 1.99. The minimum absolute atomic E-state index is 0.786. The van der Waals surface area contributed by atoms with Crippen molar-refractivity contribution in [3.05, 3.63) is 42.5 Å². The van der Waals surface area contributed by atoms with Crippen LogP contribution >= 0.6 is 21.9 Å². The first-order valence-corrected chi connectivity index (χ1v) is 5.98. The molecule has 2 rings (SSSR count). The SMILES string of the molecule is OSSc1cccc2ccccc12. The van der Waals surface area contributed by atoms with Gasteiger partial charge in [0.1, 0.15) is 0 Å². The summed E-state index contributed by atoms with van der Waals surface area (Å²) in [7, 11) is 1.38. The van der Waals surface area contributed by atoms with Gasteiger partial charge in [0.25, 0.3) is 0 Å². The summed E-state index contributed by atoms with van der Waals surface area (Å²) in [6.07, 6.45) is 0. The van der Waals surface area contributed by atoms with Crippen LogP contribution in [0.4, 0.5) is 0 Å². The van der Waals surface area contributed by atoms with Gasteiger partial charge in [0, 0.05) is 4.90 Å². The standard InChI is InChI=1S/C10H8OS2/c11-13-12-10-7-3-5-8-4-1-2-6-9(8)10/h1-7,11H. The van der Waals surface area contributed by atoms with Crippen molar-refractivity contribution in [2.24, 2.45) is 0 Å². The summed E-state index contributed by atoms with van der Waals surface area (Å²) in [6, 6.07) is 14.2. The van der Waals surface area contributed by atoms with Gasteiger partial charge in [0.05, 0.1) is 11.1 Å². The van der Waals surface area contributed by atoms with Gasteiger partial charge in [-0.25, -0.2) is 0 Å². The molecule has 0 saturated carbocycles. The number of rotatable bonds is 2. The fraction of sp³-hybridized carbons (Fsp3) is 0. The normalized spacial score (nSPS) is 10.5. The van der Waals surface area contributed by atoms with Crippen molar-refractivity contribution < 1.29 is 4.55 Å². The summed E-state index contributed by atoms with van der Waals surface area (Å²) in [5, 5.41) is 2.40. The summed E-state index contributed by atoms with van der Waals surface area (Å²) in [5.74, 6) is 0. The molecule has 0 aromatic heterocycles. The van der Waals surface area contributed by atoms with Crippen molar-refractivity contribution in [3.63, 3.8) is 0 Å². The van der Waals surface area contributed by atoms with Crippen molar-refractivity contribution in [2.75, 3.05) is 0 Å². The van der Waals surface area contributed by atoms with Gasteiger partial charge in [-0.1, -0.05) is 36.4 Å². The molecule has 66 valence electrons. The second-order valence-corrected chi connectivity index (χ2v) is 4.34. The van der Waals surface area contributed by atoms with Crippen molar-refractivity contribution >= 4 is 32.6 Å². The zero-order valence-corrected chi connectivity index (χ0v) is 8.44. The summed E-state index contributed by atoms with van der Waals surface area (Å²) in [4.78, 5) is 1.10. The van der Waals surface area contributed by atoms with E-state index in [2.05, 4.69) is 18.2 Å². The van der Waals surface area contributed by atoms with E-state index < -0.39 is 0 Å². The van der Waals surface area contributed by atoms with E-state index in [1.165, 1.54) is 21.6 Å². The van der Waals surface area contributed by atoms with Gasteiger partial charge in [-0.3, -0.25) is 0 Å². The van der Waals surface area contributed by atoms with E-state index in [1.54, 1.807) is 0 Å². The second-order valence-electron chi connectivity index (χ2n) is 2.64. The minimum Gasteiger partial charge on any atom is -0.320 e. The highest BCUT2D eigenvalue weighted by Crippen LogP contribution is 2.33.